The first-order valence-corrected chi connectivity index (χ1v) is 6.06. The third-order valence-electron chi connectivity index (χ3n) is 3.55. The number of amides is 3. The Morgan fingerprint density at radius 2 is 2.11 bits per heavy atom. The van der Waals surface area contributed by atoms with Crippen molar-refractivity contribution in [3.8, 4) is 0 Å². The summed E-state index contributed by atoms with van der Waals surface area (Å²) in [6, 6.07) is -0.726. The lowest BCUT2D eigenvalue weighted by molar-refractivity contribution is -0.141. The number of carbonyl (C=O) groups excluding carboxylic acids is 2. The van der Waals surface area contributed by atoms with E-state index in [1.807, 2.05) is 0 Å². The summed E-state index contributed by atoms with van der Waals surface area (Å²) in [7, 11) is 0. The number of carbonyl (C=O) groups is 3. The van der Waals surface area contributed by atoms with Gasteiger partial charge < -0.3 is 20.2 Å². The van der Waals surface area contributed by atoms with Gasteiger partial charge in [-0.25, -0.2) is 4.79 Å². The molecule has 0 spiro atoms. The average Bonchev–Trinajstić information content (AvgIpc) is 2.81. The van der Waals surface area contributed by atoms with Crippen LogP contribution in [0.2, 0.25) is 0 Å². The van der Waals surface area contributed by atoms with Crippen molar-refractivity contribution in [2.45, 2.75) is 19.4 Å². The lowest BCUT2D eigenvalue weighted by atomic mass is 10.1. The summed E-state index contributed by atoms with van der Waals surface area (Å²) in [5.74, 6) is -1.51. The molecule has 3 amide bonds. The number of urea groups is 1. The monoisotopic (exact) mass is 255 g/mol. The van der Waals surface area contributed by atoms with Gasteiger partial charge >= 0.3 is 12.0 Å². The van der Waals surface area contributed by atoms with Crippen LogP contribution in [0.5, 0.6) is 0 Å². The fourth-order valence-electron chi connectivity index (χ4n) is 2.36. The number of piperazine rings is 1. The summed E-state index contributed by atoms with van der Waals surface area (Å²) in [6.45, 7) is 3.28. The molecule has 2 unspecified atom stereocenters. The van der Waals surface area contributed by atoms with E-state index in [0.717, 1.165) is 0 Å². The van der Waals surface area contributed by atoms with Gasteiger partial charge in [-0.2, -0.15) is 0 Å². The Morgan fingerprint density at radius 3 is 2.72 bits per heavy atom. The molecule has 0 aliphatic carbocycles. The molecule has 2 heterocycles. The van der Waals surface area contributed by atoms with E-state index in [1.165, 1.54) is 9.80 Å². The molecule has 0 aromatic carbocycles. The number of nitrogens with one attached hydrogen (secondary N) is 1. The third-order valence-corrected chi connectivity index (χ3v) is 3.55. The Labute approximate surface area is 105 Å². The van der Waals surface area contributed by atoms with E-state index >= 15 is 0 Å². The van der Waals surface area contributed by atoms with Crippen LogP contribution in [-0.2, 0) is 9.59 Å². The van der Waals surface area contributed by atoms with Crippen LogP contribution in [0.15, 0.2) is 0 Å². The first-order valence-electron chi connectivity index (χ1n) is 6.06. The van der Waals surface area contributed by atoms with Crippen LogP contribution in [-0.4, -0.2) is 65.0 Å². The second-order valence-corrected chi connectivity index (χ2v) is 4.71. The molecule has 18 heavy (non-hydrogen) atoms. The molecule has 0 radical (unpaired) electrons. The van der Waals surface area contributed by atoms with Crippen molar-refractivity contribution in [1.82, 2.24) is 15.1 Å². The number of carboxylic acids is 1. The summed E-state index contributed by atoms with van der Waals surface area (Å²) in [5, 5.41) is 11.6. The zero-order chi connectivity index (χ0) is 13.3. The Bertz CT molecular complexity index is 384. The molecule has 0 aromatic heterocycles. The molecule has 2 saturated heterocycles. The topological polar surface area (TPSA) is 90.0 Å². The van der Waals surface area contributed by atoms with Gasteiger partial charge in [0.05, 0.1) is 5.92 Å². The van der Waals surface area contributed by atoms with Gasteiger partial charge in [0.1, 0.15) is 6.04 Å². The highest BCUT2D eigenvalue weighted by atomic mass is 16.4. The van der Waals surface area contributed by atoms with E-state index in [0.29, 0.717) is 26.1 Å². The summed E-state index contributed by atoms with van der Waals surface area (Å²) >= 11 is 0. The van der Waals surface area contributed by atoms with Crippen molar-refractivity contribution in [3.05, 3.63) is 0 Å². The molecule has 2 atom stereocenters. The van der Waals surface area contributed by atoms with Gasteiger partial charge in [0.2, 0.25) is 5.91 Å². The summed E-state index contributed by atoms with van der Waals surface area (Å²) in [5.41, 5.74) is 0. The predicted molar refractivity (Wildman–Crippen MR) is 61.9 cm³/mol. The number of carboxylic acid groups (broad SMARTS) is 1. The molecule has 2 rings (SSSR count). The summed E-state index contributed by atoms with van der Waals surface area (Å²) < 4.78 is 0. The van der Waals surface area contributed by atoms with Gasteiger partial charge in [0.15, 0.2) is 0 Å². The number of rotatable bonds is 1. The third kappa shape index (κ3) is 2.25. The molecule has 2 aliphatic rings. The Kier molecular flexibility index (Phi) is 3.40. The van der Waals surface area contributed by atoms with Crippen molar-refractivity contribution in [1.29, 1.82) is 0 Å². The van der Waals surface area contributed by atoms with Crippen LogP contribution in [0, 0.1) is 5.92 Å². The number of hydrogen-bond donors (Lipinski definition) is 2. The molecular formula is C11H17N3O4. The highest BCUT2D eigenvalue weighted by molar-refractivity contribution is 5.88. The van der Waals surface area contributed by atoms with E-state index in [9.17, 15) is 14.4 Å². The molecule has 2 N–H and O–H groups in total. The maximum atomic E-state index is 12.2. The Balaban J connectivity index is 1.99. The Morgan fingerprint density at radius 1 is 1.39 bits per heavy atom. The minimum atomic E-state index is -0.866. The maximum absolute atomic E-state index is 12.2. The molecule has 7 nitrogen and oxygen atoms in total. The van der Waals surface area contributed by atoms with Gasteiger partial charge in [-0.15, -0.1) is 0 Å². The highest BCUT2D eigenvalue weighted by Gasteiger charge is 2.36. The van der Waals surface area contributed by atoms with Crippen molar-refractivity contribution in [2.24, 2.45) is 5.92 Å². The van der Waals surface area contributed by atoms with Gasteiger partial charge in [0, 0.05) is 26.2 Å². The average molecular weight is 255 g/mol. The van der Waals surface area contributed by atoms with Gasteiger partial charge in [-0.1, -0.05) is 0 Å². The SMILES string of the molecule is CC1C(=O)NCCN1C(=O)N1CCC(C(=O)O)C1. The molecular weight excluding hydrogens is 238 g/mol. The second kappa shape index (κ2) is 4.83. The van der Waals surface area contributed by atoms with Crippen LogP contribution in [0.3, 0.4) is 0 Å². The lowest BCUT2D eigenvalue weighted by Gasteiger charge is -2.35. The van der Waals surface area contributed by atoms with Crippen LogP contribution in [0.4, 0.5) is 4.79 Å². The zero-order valence-electron chi connectivity index (χ0n) is 10.3. The van der Waals surface area contributed by atoms with Crippen molar-refractivity contribution in [2.75, 3.05) is 26.2 Å². The molecule has 100 valence electrons. The van der Waals surface area contributed by atoms with Gasteiger partial charge in [-0.05, 0) is 13.3 Å². The largest absolute Gasteiger partial charge is 0.481 e. The normalized spacial score (nSPS) is 28.2. The van der Waals surface area contributed by atoms with E-state index < -0.39 is 17.9 Å². The van der Waals surface area contributed by atoms with Gasteiger partial charge in [0.25, 0.3) is 0 Å². The van der Waals surface area contributed by atoms with Crippen molar-refractivity contribution >= 4 is 17.9 Å². The highest BCUT2D eigenvalue weighted by Crippen LogP contribution is 2.19. The maximum Gasteiger partial charge on any atom is 0.320 e. The number of nitrogens with zero attached hydrogens (tertiary/aromatic N) is 2. The molecule has 2 aliphatic heterocycles. The zero-order valence-corrected chi connectivity index (χ0v) is 10.3. The predicted octanol–water partition coefficient (Wildman–Crippen LogP) is -0.667. The smallest absolute Gasteiger partial charge is 0.320 e. The number of hydrogen-bond acceptors (Lipinski definition) is 3. The van der Waals surface area contributed by atoms with Crippen LogP contribution < -0.4 is 5.32 Å². The molecule has 0 bridgehead atoms. The number of likely N-dealkylation sites (tertiary alicyclic amines) is 1. The minimum Gasteiger partial charge on any atom is -0.481 e. The quantitative estimate of drug-likeness (QED) is 0.650. The standard InChI is InChI=1S/C11H17N3O4/c1-7-9(15)12-3-5-14(7)11(18)13-4-2-8(6-13)10(16)17/h7-8H,2-6H2,1H3,(H,12,15)(H,16,17). The van der Waals surface area contributed by atoms with E-state index in [4.69, 9.17) is 5.11 Å². The van der Waals surface area contributed by atoms with E-state index in [1.54, 1.807) is 6.92 Å². The van der Waals surface area contributed by atoms with Crippen LogP contribution in [0.1, 0.15) is 13.3 Å². The Hall–Kier alpha value is -1.79. The van der Waals surface area contributed by atoms with E-state index in [-0.39, 0.29) is 18.5 Å². The van der Waals surface area contributed by atoms with Crippen LogP contribution in [0.25, 0.3) is 0 Å². The number of aliphatic carboxylic acids is 1. The fourth-order valence-corrected chi connectivity index (χ4v) is 2.36. The fraction of sp³-hybridized carbons (Fsp3) is 0.727. The van der Waals surface area contributed by atoms with Gasteiger partial charge in [-0.3, -0.25) is 9.59 Å². The summed E-state index contributed by atoms with van der Waals surface area (Å²) in [6.07, 6.45) is 0.482. The first kappa shape index (κ1) is 12.7. The molecule has 7 heteroatoms. The molecule has 2 fully saturated rings. The first-order chi connectivity index (χ1) is 8.50. The lowest BCUT2D eigenvalue weighted by Crippen LogP contribution is -2.58. The van der Waals surface area contributed by atoms with Crippen molar-refractivity contribution in [3.63, 3.8) is 0 Å². The van der Waals surface area contributed by atoms with Crippen molar-refractivity contribution < 1.29 is 19.5 Å². The summed E-state index contributed by atoms with van der Waals surface area (Å²) in [4.78, 5) is 37.6. The molecule has 0 aromatic rings. The van der Waals surface area contributed by atoms with E-state index in [2.05, 4.69) is 5.32 Å². The van der Waals surface area contributed by atoms with Crippen LogP contribution >= 0.6 is 0 Å². The minimum absolute atomic E-state index is 0.163. The molecule has 0 saturated carbocycles. The second-order valence-electron chi connectivity index (χ2n) is 4.71.